The van der Waals surface area contributed by atoms with Gasteiger partial charge in [-0.25, -0.2) is 4.79 Å². The molecule has 0 saturated heterocycles. The van der Waals surface area contributed by atoms with Crippen LogP contribution in [0, 0.1) is 6.92 Å². The molecule has 1 N–H and O–H groups in total. The Bertz CT molecular complexity index is 841. The Kier molecular flexibility index (Phi) is 6.38. The largest absolute Gasteiger partial charge is 0.506 e. The van der Waals surface area contributed by atoms with Crippen molar-refractivity contribution in [3.8, 4) is 11.5 Å². The van der Waals surface area contributed by atoms with E-state index < -0.39 is 5.97 Å². The van der Waals surface area contributed by atoms with Crippen molar-refractivity contribution in [1.29, 1.82) is 0 Å². The molecule has 6 nitrogen and oxygen atoms in total. The predicted octanol–water partition coefficient (Wildman–Crippen LogP) is 3.86. The van der Waals surface area contributed by atoms with Gasteiger partial charge in [-0.2, -0.15) is 0 Å². The summed E-state index contributed by atoms with van der Waals surface area (Å²) in [7, 11) is 4.26. The van der Waals surface area contributed by atoms with E-state index in [0.29, 0.717) is 28.3 Å². The summed E-state index contributed by atoms with van der Waals surface area (Å²) in [5, 5.41) is 10.7. The SMILES string of the molecule is COC(=O)/C(C=Nc1ccccc1)=C(\O)c1ccc(OC)c(C)c1OC. The summed E-state index contributed by atoms with van der Waals surface area (Å²) < 4.78 is 15.4. The van der Waals surface area contributed by atoms with Gasteiger partial charge in [0.25, 0.3) is 0 Å². The molecule has 0 heterocycles. The summed E-state index contributed by atoms with van der Waals surface area (Å²) in [4.78, 5) is 16.4. The van der Waals surface area contributed by atoms with Gasteiger partial charge in [0, 0.05) is 11.8 Å². The monoisotopic (exact) mass is 355 g/mol. The van der Waals surface area contributed by atoms with Crippen molar-refractivity contribution in [3.63, 3.8) is 0 Å². The highest BCUT2D eigenvalue weighted by atomic mass is 16.5. The number of carbonyl (C=O) groups is 1. The van der Waals surface area contributed by atoms with Crippen LogP contribution in [0.25, 0.3) is 5.76 Å². The van der Waals surface area contributed by atoms with Crippen LogP contribution in [0.4, 0.5) is 5.69 Å². The van der Waals surface area contributed by atoms with Gasteiger partial charge in [0.2, 0.25) is 0 Å². The molecule has 0 radical (unpaired) electrons. The minimum Gasteiger partial charge on any atom is -0.506 e. The number of benzene rings is 2. The smallest absolute Gasteiger partial charge is 0.343 e. The Balaban J connectivity index is 2.58. The lowest BCUT2D eigenvalue weighted by Gasteiger charge is -2.15. The molecule has 0 atom stereocenters. The Morgan fingerprint density at radius 2 is 1.73 bits per heavy atom. The zero-order valence-corrected chi connectivity index (χ0v) is 15.1. The molecular formula is C20H21NO5. The molecule has 136 valence electrons. The highest BCUT2D eigenvalue weighted by Gasteiger charge is 2.21. The molecule has 0 spiro atoms. The van der Waals surface area contributed by atoms with Gasteiger partial charge in [-0.1, -0.05) is 18.2 Å². The Morgan fingerprint density at radius 1 is 1.04 bits per heavy atom. The van der Waals surface area contributed by atoms with Crippen molar-refractivity contribution in [2.45, 2.75) is 6.92 Å². The maximum Gasteiger partial charge on any atom is 0.343 e. The number of nitrogens with zero attached hydrogens (tertiary/aromatic N) is 1. The first-order valence-electron chi connectivity index (χ1n) is 7.86. The maximum atomic E-state index is 12.2. The molecule has 2 rings (SSSR count). The highest BCUT2D eigenvalue weighted by Crippen LogP contribution is 2.35. The second-order valence-electron chi connectivity index (χ2n) is 5.32. The molecule has 0 aliphatic heterocycles. The minimum atomic E-state index is -0.710. The molecule has 0 aliphatic rings. The van der Waals surface area contributed by atoms with Gasteiger partial charge in [0.15, 0.2) is 0 Å². The van der Waals surface area contributed by atoms with Crippen LogP contribution in [0.5, 0.6) is 11.5 Å². The number of carbonyl (C=O) groups excluding carboxylic acids is 1. The number of aliphatic hydroxyl groups excluding tert-OH is 1. The highest BCUT2D eigenvalue weighted by molar-refractivity contribution is 6.15. The van der Waals surface area contributed by atoms with Crippen LogP contribution in [-0.4, -0.2) is 38.6 Å². The number of para-hydroxylation sites is 1. The van der Waals surface area contributed by atoms with Gasteiger partial charge in [-0.05, 0) is 31.2 Å². The molecule has 0 unspecified atom stereocenters. The van der Waals surface area contributed by atoms with Gasteiger partial charge in [-0.3, -0.25) is 4.99 Å². The Morgan fingerprint density at radius 3 is 2.31 bits per heavy atom. The van der Waals surface area contributed by atoms with E-state index in [1.54, 1.807) is 38.3 Å². The quantitative estimate of drug-likeness (QED) is 0.368. The van der Waals surface area contributed by atoms with Crippen LogP contribution in [0.2, 0.25) is 0 Å². The number of rotatable bonds is 6. The zero-order chi connectivity index (χ0) is 19.1. The molecule has 2 aromatic rings. The predicted molar refractivity (Wildman–Crippen MR) is 100 cm³/mol. The van der Waals surface area contributed by atoms with E-state index >= 15 is 0 Å². The second-order valence-corrected chi connectivity index (χ2v) is 5.32. The first-order valence-corrected chi connectivity index (χ1v) is 7.86. The van der Waals surface area contributed by atoms with Crippen molar-refractivity contribution in [1.82, 2.24) is 0 Å². The third kappa shape index (κ3) is 4.03. The molecular weight excluding hydrogens is 334 g/mol. The average molecular weight is 355 g/mol. The lowest BCUT2D eigenvalue weighted by atomic mass is 10.0. The van der Waals surface area contributed by atoms with Crippen molar-refractivity contribution < 1.29 is 24.1 Å². The summed E-state index contributed by atoms with van der Waals surface area (Å²) in [6.07, 6.45) is 1.27. The Labute approximate surface area is 152 Å². The molecule has 0 fully saturated rings. The zero-order valence-electron chi connectivity index (χ0n) is 15.1. The van der Waals surface area contributed by atoms with E-state index in [4.69, 9.17) is 14.2 Å². The number of esters is 1. The van der Waals surface area contributed by atoms with Crippen molar-refractivity contribution in [2.24, 2.45) is 4.99 Å². The number of hydrogen-bond acceptors (Lipinski definition) is 6. The molecule has 0 amide bonds. The topological polar surface area (TPSA) is 77.4 Å². The van der Waals surface area contributed by atoms with Crippen LogP contribution in [0.1, 0.15) is 11.1 Å². The number of hydrogen-bond donors (Lipinski definition) is 1. The number of aliphatic imine (C=N–C) groups is 1. The molecule has 0 saturated carbocycles. The van der Waals surface area contributed by atoms with Gasteiger partial charge in [-0.15, -0.1) is 0 Å². The summed E-state index contributed by atoms with van der Waals surface area (Å²) in [6, 6.07) is 12.4. The molecule has 26 heavy (non-hydrogen) atoms. The van der Waals surface area contributed by atoms with Gasteiger partial charge in [0.1, 0.15) is 22.8 Å². The summed E-state index contributed by atoms with van der Waals surface area (Å²) >= 11 is 0. The van der Waals surface area contributed by atoms with E-state index in [9.17, 15) is 9.90 Å². The fourth-order valence-electron chi connectivity index (χ4n) is 2.46. The molecule has 0 aliphatic carbocycles. The maximum absolute atomic E-state index is 12.2. The van der Waals surface area contributed by atoms with Crippen LogP contribution in [0.15, 0.2) is 53.0 Å². The number of aliphatic hydroxyl groups is 1. The lowest BCUT2D eigenvalue weighted by molar-refractivity contribution is -0.135. The minimum absolute atomic E-state index is 0.0841. The number of ether oxygens (including phenoxy) is 3. The lowest BCUT2D eigenvalue weighted by Crippen LogP contribution is -2.10. The fourth-order valence-corrected chi connectivity index (χ4v) is 2.46. The van der Waals surface area contributed by atoms with E-state index in [1.807, 2.05) is 18.2 Å². The van der Waals surface area contributed by atoms with Crippen LogP contribution in [0.3, 0.4) is 0 Å². The summed E-state index contributed by atoms with van der Waals surface area (Å²) in [5.74, 6) is 0.00387. The first-order chi connectivity index (χ1) is 12.5. The van der Waals surface area contributed by atoms with Crippen LogP contribution in [-0.2, 0) is 9.53 Å². The normalized spacial score (nSPS) is 11.8. The number of methoxy groups -OCH3 is 3. The first kappa shape index (κ1) is 19.1. The van der Waals surface area contributed by atoms with Crippen molar-refractivity contribution in [2.75, 3.05) is 21.3 Å². The van der Waals surface area contributed by atoms with Gasteiger partial charge in [0.05, 0.1) is 32.6 Å². The second kappa shape index (κ2) is 8.71. The van der Waals surface area contributed by atoms with Crippen LogP contribution < -0.4 is 9.47 Å². The van der Waals surface area contributed by atoms with E-state index in [-0.39, 0.29) is 11.3 Å². The van der Waals surface area contributed by atoms with Gasteiger partial charge < -0.3 is 19.3 Å². The van der Waals surface area contributed by atoms with E-state index in [1.165, 1.54) is 20.4 Å². The third-order valence-electron chi connectivity index (χ3n) is 3.79. The fraction of sp³-hybridized carbons (Fsp3) is 0.200. The average Bonchev–Trinajstić information content (AvgIpc) is 2.68. The Hall–Kier alpha value is -3.28. The third-order valence-corrected chi connectivity index (χ3v) is 3.79. The molecule has 0 aromatic heterocycles. The molecule has 0 bridgehead atoms. The summed E-state index contributed by atoms with van der Waals surface area (Å²) in [6.45, 7) is 1.80. The molecule has 6 heteroatoms. The standard InChI is InChI=1S/C20H21NO5/c1-13-17(24-2)11-10-15(19(13)25-3)18(22)16(20(23)26-4)12-21-14-8-6-5-7-9-14/h5-12,22H,1-4H3/b18-16-,21-12?. The van der Waals surface area contributed by atoms with E-state index in [0.717, 1.165) is 0 Å². The summed E-state index contributed by atoms with van der Waals surface area (Å²) in [5.41, 5.74) is 1.59. The van der Waals surface area contributed by atoms with Gasteiger partial charge >= 0.3 is 5.97 Å². The van der Waals surface area contributed by atoms with Crippen molar-refractivity contribution >= 4 is 23.6 Å². The molecule has 2 aromatic carbocycles. The van der Waals surface area contributed by atoms with Crippen molar-refractivity contribution in [3.05, 3.63) is 59.2 Å². The van der Waals surface area contributed by atoms with E-state index in [2.05, 4.69) is 4.99 Å². The van der Waals surface area contributed by atoms with Crippen LogP contribution >= 0.6 is 0 Å².